The van der Waals surface area contributed by atoms with Crippen molar-refractivity contribution in [1.82, 2.24) is 0 Å². The van der Waals surface area contributed by atoms with Crippen molar-refractivity contribution in [3.05, 3.63) is 121 Å². The molecule has 0 aliphatic carbocycles. The largest absolute Gasteiger partial charge is 0.373 e. The van der Waals surface area contributed by atoms with Gasteiger partial charge < -0.3 is 4.74 Å². The van der Waals surface area contributed by atoms with Crippen LogP contribution in [0.2, 0.25) is 0 Å². The molecule has 0 amide bonds. The van der Waals surface area contributed by atoms with Crippen molar-refractivity contribution in [2.24, 2.45) is 5.92 Å². The summed E-state index contributed by atoms with van der Waals surface area (Å²) < 4.78 is 49.0. The van der Waals surface area contributed by atoms with E-state index in [0.29, 0.717) is 23.7 Å². The van der Waals surface area contributed by atoms with Crippen molar-refractivity contribution < 1.29 is 17.9 Å². The summed E-state index contributed by atoms with van der Waals surface area (Å²) >= 11 is 0. The minimum atomic E-state index is -1.12. The summed E-state index contributed by atoms with van der Waals surface area (Å²) in [6, 6.07) is 0. The van der Waals surface area contributed by atoms with Crippen molar-refractivity contribution in [3.8, 4) is 0 Å². The third-order valence-electron chi connectivity index (χ3n) is 4.82. The van der Waals surface area contributed by atoms with E-state index >= 15 is 0 Å². The second kappa shape index (κ2) is 15.9. The molecule has 0 aliphatic rings. The Kier molecular flexibility index (Phi) is 14.6. The summed E-state index contributed by atoms with van der Waals surface area (Å²) in [5.41, 5.74) is 0.802. The van der Waals surface area contributed by atoms with Crippen LogP contribution in [0.4, 0.5) is 13.2 Å². The van der Waals surface area contributed by atoms with Crippen LogP contribution >= 0.6 is 0 Å². The summed E-state index contributed by atoms with van der Waals surface area (Å²) in [6.07, 6.45) is 9.31. The van der Waals surface area contributed by atoms with E-state index in [1.165, 1.54) is 18.2 Å². The van der Waals surface area contributed by atoms with Crippen LogP contribution in [-0.4, -0.2) is 12.7 Å². The lowest BCUT2D eigenvalue weighted by atomic mass is 10.0. The molecule has 0 aromatic carbocycles. The van der Waals surface area contributed by atoms with Gasteiger partial charge in [-0.3, -0.25) is 0 Å². The van der Waals surface area contributed by atoms with E-state index in [0.717, 1.165) is 12.8 Å². The van der Waals surface area contributed by atoms with Crippen LogP contribution in [-0.2, 0) is 4.74 Å². The molecule has 0 rings (SSSR count). The van der Waals surface area contributed by atoms with Gasteiger partial charge in [0.2, 0.25) is 0 Å². The first-order chi connectivity index (χ1) is 15.8. The fourth-order valence-corrected chi connectivity index (χ4v) is 2.41. The second-order valence-corrected chi connectivity index (χ2v) is 8.47. The predicted octanol–water partition coefficient (Wildman–Crippen LogP) is 9.69. The number of unbranched alkanes of at least 4 members (excludes halogenated alkanes) is 1. The van der Waals surface area contributed by atoms with Gasteiger partial charge in [0.25, 0.3) is 0 Å². The molecule has 1 nitrogen and oxygen atoms in total. The van der Waals surface area contributed by atoms with Crippen LogP contribution in [0.3, 0.4) is 0 Å². The van der Waals surface area contributed by atoms with Crippen LogP contribution in [0.5, 0.6) is 0 Å². The van der Waals surface area contributed by atoms with Crippen LogP contribution in [0.1, 0.15) is 47.0 Å². The topological polar surface area (TPSA) is 9.23 Å². The first-order valence-corrected chi connectivity index (χ1v) is 11.3. The summed E-state index contributed by atoms with van der Waals surface area (Å²) in [4.78, 5) is 0. The molecular formula is C30H39F3O. The molecule has 0 fully saturated rings. The SMILES string of the molecule is C=C(/C=C\C(=C)C(=C)/C(F)=C(/F)C(=C)C/C=C\CCC)C(=C)/C=C(/F)C(=C)C(C)OCC(C)C. The second-order valence-electron chi connectivity index (χ2n) is 8.47. The van der Waals surface area contributed by atoms with Gasteiger partial charge in [-0.1, -0.05) is 91.0 Å². The van der Waals surface area contributed by atoms with Crippen LogP contribution < -0.4 is 0 Å². The molecule has 0 aliphatic heterocycles. The summed E-state index contributed by atoms with van der Waals surface area (Å²) in [6.45, 7) is 30.5. The van der Waals surface area contributed by atoms with Gasteiger partial charge in [0.1, 0.15) is 5.83 Å². The lowest BCUT2D eigenvalue weighted by Gasteiger charge is -2.16. The molecule has 1 unspecified atom stereocenters. The summed E-state index contributed by atoms with van der Waals surface area (Å²) in [5.74, 6) is -2.42. The highest BCUT2D eigenvalue weighted by Gasteiger charge is 2.15. The molecule has 0 spiro atoms. The van der Waals surface area contributed by atoms with Gasteiger partial charge in [0.05, 0.1) is 6.10 Å². The first-order valence-electron chi connectivity index (χ1n) is 11.3. The van der Waals surface area contributed by atoms with E-state index < -0.39 is 23.6 Å². The lowest BCUT2D eigenvalue weighted by molar-refractivity contribution is 0.0693. The van der Waals surface area contributed by atoms with Crippen LogP contribution in [0, 0.1) is 5.92 Å². The van der Waals surface area contributed by atoms with E-state index in [9.17, 15) is 13.2 Å². The van der Waals surface area contributed by atoms with Crippen molar-refractivity contribution >= 4 is 0 Å². The smallest absolute Gasteiger partial charge is 0.166 e. The van der Waals surface area contributed by atoms with Gasteiger partial charge in [0.15, 0.2) is 11.7 Å². The molecule has 186 valence electrons. The number of hydrogen-bond acceptors (Lipinski definition) is 1. The Balaban J connectivity index is 5.15. The highest BCUT2D eigenvalue weighted by molar-refractivity contribution is 5.53. The molecule has 0 saturated carbocycles. The van der Waals surface area contributed by atoms with Gasteiger partial charge in [-0.25, -0.2) is 13.2 Å². The molecule has 0 aromatic rings. The van der Waals surface area contributed by atoms with E-state index in [1.54, 1.807) is 13.0 Å². The minimum absolute atomic E-state index is 0.0213. The van der Waals surface area contributed by atoms with Gasteiger partial charge in [0, 0.05) is 17.8 Å². The molecule has 0 aromatic heterocycles. The molecule has 0 bridgehead atoms. The van der Waals surface area contributed by atoms with Gasteiger partial charge >= 0.3 is 0 Å². The maximum atomic E-state index is 14.5. The lowest BCUT2D eigenvalue weighted by Crippen LogP contribution is -2.15. The van der Waals surface area contributed by atoms with Gasteiger partial charge in [-0.15, -0.1) is 0 Å². The Morgan fingerprint density at radius 1 is 0.824 bits per heavy atom. The van der Waals surface area contributed by atoms with Crippen molar-refractivity contribution in [2.45, 2.75) is 53.1 Å². The third kappa shape index (κ3) is 11.3. The van der Waals surface area contributed by atoms with Crippen LogP contribution in [0.25, 0.3) is 0 Å². The molecule has 4 heteroatoms. The molecular weight excluding hydrogens is 433 g/mol. The Labute approximate surface area is 204 Å². The standard InChI is InChI=1S/C30H39F3O/c1-11-12-13-14-15-23(6)29(32)30(33)25(8)22(5)17-16-21(4)24(7)18-28(31)26(9)27(10)34-19-20(2)3/h13-14,16-18,20,27H,4-9,11-12,15,19H2,1-3,10H3/b14-13-,17-16-,28-18+,30-29-. The fourth-order valence-electron chi connectivity index (χ4n) is 2.41. The van der Waals surface area contributed by atoms with Crippen LogP contribution in [0.15, 0.2) is 121 Å². The number of allylic oxidation sites excluding steroid dienone is 12. The van der Waals surface area contributed by atoms with E-state index in [2.05, 4.69) is 39.5 Å². The van der Waals surface area contributed by atoms with E-state index in [4.69, 9.17) is 4.74 Å². The van der Waals surface area contributed by atoms with Crippen molar-refractivity contribution in [1.29, 1.82) is 0 Å². The molecule has 0 N–H and O–H groups in total. The summed E-state index contributed by atoms with van der Waals surface area (Å²) in [5, 5.41) is 0. The Hall–Kier alpha value is -2.85. The third-order valence-corrected chi connectivity index (χ3v) is 4.82. The Morgan fingerprint density at radius 3 is 1.97 bits per heavy atom. The zero-order valence-corrected chi connectivity index (χ0v) is 21.2. The Bertz CT molecular complexity index is 923. The fraction of sp³-hybridized carbons (Fsp3) is 0.333. The highest BCUT2D eigenvalue weighted by Crippen LogP contribution is 2.28. The normalized spacial score (nSPS) is 13.8. The highest BCUT2D eigenvalue weighted by atomic mass is 19.2. The molecule has 1 atom stereocenters. The van der Waals surface area contributed by atoms with Crippen molar-refractivity contribution in [3.63, 3.8) is 0 Å². The predicted molar refractivity (Wildman–Crippen MR) is 141 cm³/mol. The Morgan fingerprint density at radius 2 is 1.41 bits per heavy atom. The number of rotatable bonds is 16. The first kappa shape index (κ1) is 31.1. The maximum Gasteiger partial charge on any atom is 0.166 e. The molecule has 0 saturated heterocycles. The average molecular weight is 473 g/mol. The van der Waals surface area contributed by atoms with Gasteiger partial charge in [-0.05, 0) is 54.1 Å². The number of ether oxygens (including phenoxy) is 1. The summed E-state index contributed by atoms with van der Waals surface area (Å²) in [7, 11) is 0. The van der Waals surface area contributed by atoms with E-state index in [1.807, 2.05) is 26.8 Å². The van der Waals surface area contributed by atoms with Gasteiger partial charge in [-0.2, -0.15) is 0 Å². The zero-order valence-electron chi connectivity index (χ0n) is 21.2. The number of halogens is 3. The van der Waals surface area contributed by atoms with E-state index in [-0.39, 0.29) is 28.7 Å². The monoisotopic (exact) mass is 472 g/mol. The maximum absolute atomic E-state index is 14.5. The molecule has 0 radical (unpaired) electrons. The number of hydrogen-bond donors (Lipinski definition) is 0. The average Bonchev–Trinajstić information content (AvgIpc) is 2.80. The van der Waals surface area contributed by atoms with Crippen molar-refractivity contribution in [2.75, 3.05) is 6.61 Å². The molecule has 0 heterocycles. The quantitative estimate of drug-likeness (QED) is 0.160. The minimum Gasteiger partial charge on any atom is -0.373 e. The molecule has 34 heavy (non-hydrogen) atoms. The zero-order chi connectivity index (χ0) is 26.4.